The molecule has 6 rings (SSSR count). The minimum Gasteiger partial charge on any atom is -0.497 e. The van der Waals surface area contributed by atoms with Crippen LogP contribution >= 0.6 is 0 Å². The van der Waals surface area contributed by atoms with Crippen molar-refractivity contribution in [3.05, 3.63) is 108 Å². The summed E-state index contributed by atoms with van der Waals surface area (Å²) in [5.74, 6) is 1.76. The molecule has 3 heterocycles. The molecule has 0 bridgehead atoms. The second-order valence-electron chi connectivity index (χ2n) is 9.85. The van der Waals surface area contributed by atoms with E-state index in [1.54, 1.807) is 25.1 Å². The van der Waals surface area contributed by atoms with Gasteiger partial charge in [-0.3, -0.25) is 4.57 Å². The Morgan fingerprint density at radius 3 is 2.10 bits per heavy atom. The number of hydrogen-bond donors (Lipinski definition) is 2. The Morgan fingerprint density at radius 1 is 0.878 bits per heavy atom. The lowest BCUT2D eigenvalue weighted by Gasteiger charge is -2.37. The van der Waals surface area contributed by atoms with E-state index in [-0.39, 0.29) is 12.4 Å². The van der Waals surface area contributed by atoms with E-state index in [0.29, 0.717) is 17.6 Å². The van der Waals surface area contributed by atoms with Gasteiger partial charge in [-0.15, -0.1) is 0 Å². The fraction of sp³-hybridized carbons (Fsp3) is 0.258. The molecular weight excluding hydrogens is 522 g/mol. The number of fused-ring (bicyclic) bond motifs is 1. The highest BCUT2D eigenvalue weighted by molar-refractivity contribution is 5.81. The van der Waals surface area contributed by atoms with Crippen molar-refractivity contribution in [2.75, 3.05) is 26.6 Å². The average Bonchev–Trinajstić information content (AvgIpc) is 3.62. The number of nitrogen functional groups attached to an aromatic ring is 1. The molecule has 1 unspecified atom stereocenters. The van der Waals surface area contributed by atoms with Crippen molar-refractivity contribution in [2.45, 2.75) is 30.5 Å². The first-order valence-electron chi connectivity index (χ1n) is 13.3. The molecule has 10 heteroatoms. The summed E-state index contributed by atoms with van der Waals surface area (Å²) in [6, 6.07) is 25.7. The summed E-state index contributed by atoms with van der Waals surface area (Å²) in [5.41, 5.74) is 8.70. The first-order valence-corrected chi connectivity index (χ1v) is 13.3. The van der Waals surface area contributed by atoms with Crippen molar-refractivity contribution in [3.63, 3.8) is 0 Å². The third-order valence-electron chi connectivity index (χ3n) is 7.49. The predicted molar refractivity (Wildman–Crippen MR) is 153 cm³/mol. The van der Waals surface area contributed by atoms with Gasteiger partial charge in [0.2, 0.25) is 0 Å². The molecule has 2 aromatic heterocycles. The number of aromatic nitrogens is 4. The number of ether oxygens (including phenoxy) is 4. The third kappa shape index (κ3) is 4.86. The van der Waals surface area contributed by atoms with Crippen molar-refractivity contribution in [1.82, 2.24) is 19.5 Å². The molecular formula is C31H31N5O5. The minimum absolute atomic E-state index is 0.199. The maximum atomic E-state index is 11.0. The molecule has 10 nitrogen and oxygen atoms in total. The Labute approximate surface area is 237 Å². The van der Waals surface area contributed by atoms with Crippen molar-refractivity contribution < 1.29 is 24.1 Å². The number of rotatable bonds is 9. The second kappa shape index (κ2) is 11.2. The van der Waals surface area contributed by atoms with Crippen LogP contribution in [-0.4, -0.2) is 57.7 Å². The fourth-order valence-electron chi connectivity index (χ4n) is 5.44. The van der Waals surface area contributed by atoms with E-state index in [1.807, 2.05) is 78.9 Å². The predicted octanol–water partition coefficient (Wildman–Crippen LogP) is 4.08. The zero-order chi connectivity index (χ0) is 28.4. The van der Waals surface area contributed by atoms with Crippen LogP contribution in [0, 0.1) is 0 Å². The molecule has 0 saturated carbocycles. The number of hydrogen-bond acceptors (Lipinski definition) is 9. The quantitative estimate of drug-likeness (QED) is 0.260. The highest BCUT2D eigenvalue weighted by Gasteiger charge is 2.42. The smallest absolute Gasteiger partial charge is 0.167 e. The summed E-state index contributed by atoms with van der Waals surface area (Å²) in [7, 11) is 3.28. The van der Waals surface area contributed by atoms with Crippen LogP contribution in [0.3, 0.4) is 0 Å². The van der Waals surface area contributed by atoms with Crippen molar-refractivity contribution in [2.24, 2.45) is 0 Å². The molecule has 0 spiro atoms. The van der Waals surface area contributed by atoms with Crippen molar-refractivity contribution in [1.29, 1.82) is 0 Å². The summed E-state index contributed by atoms with van der Waals surface area (Å²) >= 11 is 0. The first-order chi connectivity index (χ1) is 20.0. The van der Waals surface area contributed by atoms with Gasteiger partial charge in [-0.05, 0) is 41.0 Å². The lowest BCUT2D eigenvalue weighted by atomic mass is 9.80. The highest BCUT2D eigenvalue weighted by atomic mass is 16.6. The zero-order valence-corrected chi connectivity index (χ0v) is 22.8. The lowest BCUT2D eigenvalue weighted by molar-refractivity contribution is -0.0851. The molecule has 1 saturated heterocycles. The van der Waals surface area contributed by atoms with Crippen LogP contribution < -0.4 is 15.2 Å². The Bertz CT molecular complexity index is 1560. The largest absolute Gasteiger partial charge is 0.497 e. The number of aliphatic hydroxyl groups excluding tert-OH is 1. The number of anilines is 1. The number of aliphatic hydroxyl groups is 1. The van der Waals surface area contributed by atoms with Gasteiger partial charge in [0.05, 0.1) is 33.3 Å². The Hall–Kier alpha value is -4.51. The van der Waals surface area contributed by atoms with Gasteiger partial charge in [0.1, 0.15) is 35.0 Å². The van der Waals surface area contributed by atoms with E-state index in [4.69, 9.17) is 24.7 Å². The van der Waals surface area contributed by atoms with Gasteiger partial charge in [0.15, 0.2) is 17.7 Å². The standard InChI is InChI=1S/C31H31N5O5/c1-38-23-12-8-21(9-13-23)31(20-6-4-3-5-7-20,22-10-14-24(39-2)15-11-22)40-17-25-16-26(37)30(41-25)36-19-35-27-28(32)33-18-34-29(27)36/h3-15,18-19,25-26,30,37H,16-17H2,1-2H3,(H2,32,33,34)/t25-,26?,30+/m0/s1. The van der Waals surface area contributed by atoms with E-state index < -0.39 is 24.0 Å². The number of nitrogens with zero attached hydrogens (tertiary/aromatic N) is 4. The van der Waals surface area contributed by atoms with Gasteiger partial charge >= 0.3 is 0 Å². The topological polar surface area (TPSA) is 127 Å². The minimum atomic E-state index is -0.990. The summed E-state index contributed by atoms with van der Waals surface area (Å²) in [6.45, 7) is 0.199. The number of nitrogens with two attached hydrogens (primary N) is 1. The van der Waals surface area contributed by atoms with Crippen LogP contribution in [0.15, 0.2) is 91.5 Å². The summed E-state index contributed by atoms with van der Waals surface area (Å²) < 4.78 is 25.9. The van der Waals surface area contributed by atoms with Gasteiger partial charge in [-0.1, -0.05) is 54.6 Å². The Kier molecular flexibility index (Phi) is 7.27. The van der Waals surface area contributed by atoms with Crippen molar-refractivity contribution >= 4 is 17.0 Å². The number of methoxy groups -OCH3 is 2. The number of imidazole rings is 1. The summed E-state index contributed by atoms with van der Waals surface area (Å²) in [4.78, 5) is 12.6. The summed E-state index contributed by atoms with van der Waals surface area (Å²) in [5, 5.41) is 11.0. The van der Waals surface area contributed by atoms with Crippen LogP contribution in [0.1, 0.15) is 29.3 Å². The monoisotopic (exact) mass is 553 g/mol. The zero-order valence-electron chi connectivity index (χ0n) is 22.8. The van der Waals surface area contributed by atoms with E-state index in [9.17, 15) is 5.11 Å². The van der Waals surface area contributed by atoms with Gasteiger partial charge in [0, 0.05) is 6.42 Å². The lowest BCUT2D eigenvalue weighted by Crippen LogP contribution is -2.35. The molecule has 0 radical (unpaired) electrons. The van der Waals surface area contributed by atoms with Crippen molar-refractivity contribution in [3.8, 4) is 11.5 Å². The maximum absolute atomic E-state index is 11.0. The molecule has 0 aliphatic carbocycles. The van der Waals surface area contributed by atoms with E-state index >= 15 is 0 Å². The van der Waals surface area contributed by atoms with Crippen LogP contribution in [0.2, 0.25) is 0 Å². The third-order valence-corrected chi connectivity index (χ3v) is 7.49. The molecule has 3 atom stereocenters. The molecule has 210 valence electrons. The van der Waals surface area contributed by atoms with Crippen LogP contribution in [0.4, 0.5) is 5.82 Å². The highest BCUT2D eigenvalue weighted by Crippen LogP contribution is 2.43. The summed E-state index contributed by atoms with van der Waals surface area (Å²) in [6.07, 6.45) is 1.39. The molecule has 0 amide bonds. The van der Waals surface area contributed by atoms with E-state index in [1.165, 1.54) is 6.33 Å². The van der Waals surface area contributed by atoms with Crippen LogP contribution in [0.5, 0.6) is 11.5 Å². The average molecular weight is 554 g/mol. The molecule has 3 N–H and O–H groups in total. The Morgan fingerprint density at radius 2 is 1.49 bits per heavy atom. The van der Waals surface area contributed by atoms with Gasteiger partial charge in [-0.2, -0.15) is 0 Å². The molecule has 1 aliphatic heterocycles. The van der Waals surface area contributed by atoms with Crippen LogP contribution in [-0.2, 0) is 15.1 Å². The fourth-order valence-corrected chi connectivity index (χ4v) is 5.44. The first kappa shape index (κ1) is 26.7. The normalized spacial score (nSPS) is 19.0. The molecule has 41 heavy (non-hydrogen) atoms. The van der Waals surface area contributed by atoms with Crippen LogP contribution in [0.25, 0.3) is 11.2 Å². The second-order valence-corrected chi connectivity index (χ2v) is 9.85. The SMILES string of the molecule is COc1ccc(C(OC[C@@H]2CC(O)[C@H](n3cnc4c(N)ncnc43)O2)(c2ccccc2)c2ccc(OC)cc2)cc1. The molecule has 3 aromatic carbocycles. The van der Waals surface area contributed by atoms with E-state index in [0.717, 1.165) is 28.2 Å². The van der Waals surface area contributed by atoms with Gasteiger partial charge in [0.25, 0.3) is 0 Å². The number of benzene rings is 3. The van der Waals surface area contributed by atoms with E-state index in [2.05, 4.69) is 15.0 Å². The Balaban J connectivity index is 1.36. The molecule has 5 aromatic rings. The molecule has 1 fully saturated rings. The molecule has 1 aliphatic rings. The van der Waals surface area contributed by atoms with Gasteiger partial charge in [-0.25, -0.2) is 15.0 Å². The maximum Gasteiger partial charge on any atom is 0.167 e. The van der Waals surface area contributed by atoms with Gasteiger partial charge < -0.3 is 29.8 Å².